The lowest BCUT2D eigenvalue weighted by molar-refractivity contribution is -0.123. The average Bonchev–Trinajstić information content (AvgIpc) is 2.67. The van der Waals surface area contributed by atoms with E-state index in [4.69, 9.17) is 15.2 Å². The first-order valence-electron chi connectivity index (χ1n) is 8.91. The molecule has 0 aliphatic rings. The number of rotatable bonds is 8. The highest BCUT2D eigenvalue weighted by Gasteiger charge is 2.19. The molecule has 2 aromatic carbocycles. The molecule has 0 heterocycles. The number of carbonyl (C=O) groups excluding carboxylic acids is 3. The smallest absolute Gasteiger partial charge is 0.338 e. The van der Waals surface area contributed by atoms with Crippen LogP contribution in [0.2, 0.25) is 0 Å². The second-order valence-electron chi connectivity index (χ2n) is 6.71. The summed E-state index contributed by atoms with van der Waals surface area (Å²) in [6.45, 7) is 6.15. The van der Waals surface area contributed by atoms with Crippen molar-refractivity contribution in [3.8, 4) is 5.75 Å². The molecule has 7 nitrogen and oxygen atoms in total. The summed E-state index contributed by atoms with van der Waals surface area (Å²) in [6, 6.07) is 12.6. The van der Waals surface area contributed by atoms with Gasteiger partial charge in [-0.25, -0.2) is 4.79 Å². The number of nitrogens with two attached hydrogens (primary N) is 1. The summed E-state index contributed by atoms with van der Waals surface area (Å²) in [4.78, 5) is 35.5. The van der Waals surface area contributed by atoms with Crippen LogP contribution in [0.5, 0.6) is 5.75 Å². The Kier molecular flexibility index (Phi) is 7.14. The van der Waals surface area contributed by atoms with E-state index in [0.717, 1.165) is 0 Å². The molecule has 28 heavy (non-hydrogen) atoms. The third-order valence-corrected chi connectivity index (χ3v) is 3.76. The summed E-state index contributed by atoms with van der Waals surface area (Å²) in [7, 11) is 0. The molecule has 2 amide bonds. The third kappa shape index (κ3) is 6.12. The van der Waals surface area contributed by atoms with Crippen LogP contribution >= 0.6 is 0 Å². The van der Waals surface area contributed by atoms with Crippen molar-refractivity contribution >= 4 is 23.5 Å². The van der Waals surface area contributed by atoms with E-state index in [-0.39, 0.29) is 0 Å². The number of amides is 2. The minimum absolute atomic E-state index is 0.322. The molecule has 7 heteroatoms. The molecule has 0 aliphatic heterocycles. The van der Waals surface area contributed by atoms with Gasteiger partial charge in [0.1, 0.15) is 5.75 Å². The molecule has 2 rings (SSSR count). The van der Waals surface area contributed by atoms with Gasteiger partial charge in [-0.15, -0.1) is 0 Å². The molecule has 0 bridgehead atoms. The van der Waals surface area contributed by atoms with Gasteiger partial charge in [0.05, 0.1) is 12.2 Å². The van der Waals surface area contributed by atoms with Crippen LogP contribution in [-0.4, -0.2) is 30.5 Å². The first-order chi connectivity index (χ1) is 13.3. The van der Waals surface area contributed by atoms with Crippen molar-refractivity contribution in [1.29, 1.82) is 0 Å². The second-order valence-corrected chi connectivity index (χ2v) is 6.71. The molecule has 2 aromatic rings. The lowest BCUT2D eigenvalue weighted by Crippen LogP contribution is -2.30. The summed E-state index contributed by atoms with van der Waals surface area (Å²) in [5, 5.41) is 2.61. The highest BCUT2D eigenvalue weighted by Crippen LogP contribution is 2.15. The van der Waals surface area contributed by atoms with E-state index >= 15 is 0 Å². The molecule has 0 aromatic heterocycles. The fourth-order valence-electron chi connectivity index (χ4n) is 2.19. The minimum atomic E-state index is -1.000. The fraction of sp³-hybridized carbons (Fsp3) is 0.286. The number of esters is 1. The zero-order chi connectivity index (χ0) is 20.7. The van der Waals surface area contributed by atoms with Gasteiger partial charge in [0.2, 0.25) is 5.91 Å². The van der Waals surface area contributed by atoms with E-state index in [9.17, 15) is 14.4 Å². The molecule has 0 saturated heterocycles. The minimum Gasteiger partial charge on any atom is -0.493 e. The Balaban J connectivity index is 1.90. The van der Waals surface area contributed by atoms with Crippen LogP contribution in [-0.2, 0) is 9.53 Å². The number of primary amides is 1. The lowest BCUT2D eigenvalue weighted by Gasteiger charge is -2.14. The number of anilines is 1. The van der Waals surface area contributed by atoms with Gasteiger partial charge >= 0.3 is 5.97 Å². The van der Waals surface area contributed by atoms with Crippen molar-refractivity contribution in [3.63, 3.8) is 0 Å². The van der Waals surface area contributed by atoms with E-state index in [2.05, 4.69) is 5.32 Å². The second kappa shape index (κ2) is 9.55. The maximum absolute atomic E-state index is 12.2. The monoisotopic (exact) mass is 384 g/mol. The van der Waals surface area contributed by atoms with Crippen molar-refractivity contribution in [2.45, 2.75) is 26.9 Å². The Morgan fingerprint density at radius 3 is 2.04 bits per heavy atom. The number of carbonyl (C=O) groups is 3. The summed E-state index contributed by atoms with van der Waals surface area (Å²) < 4.78 is 10.8. The zero-order valence-electron chi connectivity index (χ0n) is 16.1. The van der Waals surface area contributed by atoms with Crippen LogP contribution in [0.1, 0.15) is 41.5 Å². The Hall–Kier alpha value is -3.35. The van der Waals surface area contributed by atoms with Crippen LogP contribution in [0.25, 0.3) is 0 Å². The highest BCUT2D eigenvalue weighted by atomic mass is 16.5. The topological polar surface area (TPSA) is 108 Å². The standard InChI is InChI=1S/C21H24N2O5/c1-13(2)12-27-18-10-6-16(7-11-18)21(26)28-14(3)20(25)23-17-8-4-15(5-9-17)19(22)24/h4-11,13-14H,12H2,1-3H3,(H2,22,24)(H,23,25). The van der Waals surface area contributed by atoms with E-state index < -0.39 is 23.9 Å². The van der Waals surface area contributed by atoms with Crippen molar-refractivity contribution in [3.05, 3.63) is 59.7 Å². The Bertz CT molecular complexity index is 829. The molecule has 1 atom stereocenters. The van der Waals surface area contributed by atoms with Crippen molar-refractivity contribution in [2.24, 2.45) is 11.7 Å². The first kappa shape index (κ1) is 21.0. The van der Waals surface area contributed by atoms with Gasteiger partial charge < -0.3 is 20.5 Å². The van der Waals surface area contributed by atoms with E-state index in [1.807, 2.05) is 13.8 Å². The maximum atomic E-state index is 12.2. The van der Waals surface area contributed by atoms with Crippen LogP contribution < -0.4 is 15.8 Å². The van der Waals surface area contributed by atoms with Gasteiger partial charge in [0, 0.05) is 11.3 Å². The predicted molar refractivity (Wildman–Crippen MR) is 105 cm³/mol. The Labute approximate surface area is 163 Å². The normalized spacial score (nSPS) is 11.6. The van der Waals surface area contributed by atoms with Gasteiger partial charge in [0.15, 0.2) is 6.10 Å². The van der Waals surface area contributed by atoms with Crippen LogP contribution in [0.15, 0.2) is 48.5 Å². The molecule has 3 N–H and O–H groups in total. The summed E-state index contributed by atoms with van der Waals surface area (Å²) >= 11 is 0. The van der Waals surface area contributed by atoms with E-state index in [0.29, 0.717) is 35.1 Å². The van der Waals surface area contributed by atoms with Gasteiger partial charge in [-0.05, 0) is 61.4 Å². The van der Waals surface area contributed by atoms with Crippen LogP contribution in [0.4, 0.5) is 5.69 Å². The van der Waals surface area contributed by atoms with Gasteiger partial charge in [-0.3, -0.25) is 9.59 Å². The molecule has 0 aliphatic carbocycles. The lowest BCUT2D eigenvalue weighted by atomic mass is 10.2. The molecular weight excluding hydrogens is 360 g/mol. The molecule has 0 radical (unpaired) electrons. The number of ether oxygens (including phenoxy) is 2. The SMILES string of the molecule is CC(C)COc1ccc(C(=O)OC(C)C(=O)Nc2ccc(C(N)=O)cc2)cc1. The van der Waals surface area contributed by atoms with Crippen molar-refractivity contribution in [2.75, 3.05) is 11.9 Å². The molecule has 148 valence electrons. The summed E-state index contributed by atoms with van der Waals surface area (Å²) in [5.74, 6) is -0.591. The predicted octanol–water partition coefficient (Wildman–Crippen LogP) is 3.00. The molecule has 0 spiro atoms. The van der Waals surface area contributed by atoms with Gasteiger partial charge in [-0.1, -0.05) is 13.8 Å². The average molecular weight is 384 g/mol. The van der Waals surface area contributed by atoms with E-state index in [1.165, 1.54) is 19.1 Å². The van der Waals surface area contributed by atoms with Gasteiger partial charge in [-0.2, -0.15) is 0 Å². The fourth-order valence-corrected chi connectivity index (χ4v) is 2.19. The zero-order valence-corrected chi connectivity index (χ0v) is 16.1. The van der Waals surface area contributed by atoms with E-state index in [1.54, 1.807) is 36.4 Å². The highest BCUT2D eigenvalue weighted by molar-refractivity contribution is 5.98. The van der Waals surface area contributed by atoms with Crippen LogP contribution in [0, 0.1) is 5.92 Å². The maximum Gasteiger partial charge on any atom is 0.338 e. The number of nitrogens with one attached hydrogen (secondary N) is 1. The summed E-state index contributed by atoms with van der Waals surface area (Å²) in [6.07, 6.45) is -1.000. The number of hydrogen-bond acceptors (Lipinski definition) is 5. The molecular formula is C21H24N2O5. The van der Waals surface area contributed by atoms with Crippen LogP contribution in [0.3, 0.4) is 0 Å². The Morgan fingerprint density at radius 1 is 0.929 bits per heavy atom. The van der Waals surface area contributed by atoms with Gasteiger partial charge in [0.25, 0.3) is 5.91 Å². The first-order valence-corrected chi connectivity index (χ1v) is 8.91. The summed E-state index contributed by atoms with van der Waals surface area (Å²) in [5.41, 5.74) is 6.29. The number of hydrogen-bond donors (Lipinski definition) is 2. The Morgan fingerprint density at radius 2 is 1.50 bits per heavy atom. The number of benzene rings is 2. The quantitative estimate of drug-likeness (QED) is 0.680. The van der Waals surface area contributed by atoms with Crippen molar-refractivity contribution in [1.82, 2.24) is 0 Å². The largest absolute Gasteiger partial charge is 0.493 e. The molecule has 1 unspecified atom stereocenters. The molecule has 0 saturated carbocycles. The molecule has 0 fully saturated rings. The third-order valence-electron chi connectivity index (χ3n) is 3.76. The van der Waals surface area contributed by atoms with Crippen molar-refractivity contribution < 1.29 is 23.9 Å².